The number of thioether (sulfide) groups is 1. The normalized spacial score (nSPS) is 18.8. The third-order valence-electron chi connectivity index (χ3n) is 3.40. The van der Waals surface area contributed by atoms with E-state index in [-0.39, 0.29) is 5.91 Å². The van der Waals surface area contributed by atoms with Gasteiger partial charge in [0, 0.05) is 22.5 Å². The monoisotopic (exact) mass is 298 g/mol. The van der Waals surface area contributed by atoms with Gasteiger partial charge >= 0.3 is 0 Å². The first-order valence-corrected chi connectivity index (χ1v) is 7.93. The number of hydrogen-bond acceptors (Lipinski definition) is 3. The number of aryl methyl sites for hydroxylation is 1. The molecule has 0 unspecified atom stereocenters. The van der Waals surface area contributed by atoms with Gasteiger partial charge in [0.15, 0.2) is 0 Å². The Morgan fingerprint density at radius 3 is 3.05 bits per heavy atom. The molecule has 5 heteroatoms. The quantitative estimate of drug-likeness (QED) is 0.927. The predicted molar refractivity (Wildman–Crippen MR) is 83.2 cm³/mol. The molecule has 1 aliphatic heterocycles. The fourth-order valence-corrected chi connectivity index (χ4v) is 3.61. The van der Waals surface area contributed by atoms with Crippen LogP contribution in [-0.2, 0) is 4.79 Å². The molecule has 0 radical (unpaired) electrons. The van der Waals surface area contributed by atoms with Crippen molar-refractivity contribution >= 4 is 35.0 Å². The number of carbonyl (C=O) groups is 1. The van der Waals surface area contributed by atoms with E-state index in [1.807, 2.05) is 37.9 Å². The van der Waals surface area contributed by atoms with Crippen LogP contribution in [0.25, 0.3) is 0 Å². The van der Waals surface area contributed by atoms with Gasteiger partial charge in [-0.2, -0.15) is 11.8 Å². The van der Waals surface area contributed by atoms with Crippen molar-refractivity contribution in [3.05, 3.63) is 28.8 Å². The minimum atomic E-state index is 0.0183. The molecule has 0 saturated carbocycles. The van der Waals surface area contributed by atoms with E-state index < -0.39 is 0 Å². The van der Waals surface area contributed by atoms with E-state index in [0.29, 0.717) is 17.6 Å². The zero-order chi connectivity index (χ0) is 13.8. The molecule has 1 fully saturated rings. The number of anilines is 1. The molecule has 1 N–H and O–H groups in total. The molecular formula is C14H19ClN2OS. The van der Waals surface area contributed by atoms with E-state index in [4.69, 9.17) is 11.6 Å². The van der Waals surface area contributed by atoms with Gasteiger partial charge in [0.25, 0.3) is 0 Å². The molecule has 1 saturated heterocycles. The highest BCUT2D eigenvalue weighted by Gasteiger charge is 2.21. The molecule has 1 aromatic rings. The number of hydrogen-bond donors (Lipinski definition) is 1. The van der Waals surface area contributed by atoms with Gasteiger partial charge in [-0.1, -0.05) is 17.7 Å². The lowest BCUT2D eigenvalue weighted by Crippen LogP contribution is -2.38. The number of likely N-dealkylation sites (N-methyl/N-ethyl adjacent to an activating group) is 1. The van der Waals surface area contributed by atoms with Gasteiger partial charge in [-0.05, 0) is 43.8 Å². The molecule has 1 heterocycles. The van der Waals surface area contributed by atoms with Gasteiger partial charge in [0.1, 0.15) is 0 Å². The van der Waals surface area contributed by atoms with Crippen LogP contribution in [0.1, 0.15) is 12.0 Å². The van der Waals surface area contributed by atoms with Crippen molar-refractivity contribution in [1.29, 1.82) is 0 Å². The number of rotatable bonds is 4. The maximum atomic E-state index is 12.0. The van der Waals surface area contributed by atoms with Gasteiger partial charge in [-0.15, -0.1) is 0 Å². The van der Waals surface area contributed by atoms with Gasteiger partial charge < -0.3 is 5.32 Å². The number of nitrogens with one attached hydrogen (secondary N) is 1. The number of halogens is 1. The topological polar surface area (TPSA) is 32.3 Å². The Labute approximate surface area is 123 Å². The molecule has 0 aliphatic carbocycles. The molecule has 0 bridgehead atoms. The van der Waals surface area contributed by atoms with Crippen LogP contribution in [0.15, 0.2) is 18.2 Å². The highest BCUT2D eigenvalue weighted by molar-refractivity contribution is 7.99. The second-order valence-corrected chi connectivity index (χ2v) is 6.53. The third kappa shape index (κ3) is 4.13. The van der Waals surface area contributed by atoms with Crippen molar-refractivity contribution in [2.45, 2.75) is 19.4 Å². The Morgan fingerprint density at radius 1 is 1.58 bits per heavy atom. The summed E-state index contributed by atoms with van der Waals surface area (Å²) in [6, 6.07) is 6.06. The van der Waals surface area contributed by atoms with Crippen molar-refractivity contribution in [3.63, 3.8) is 0 Å². The average molecular weight is 299 g/mol. The molecule has 19 heavy (non-hydrogen) atoms. The smallest absolute Gasteiger partial charge is 0.238 e. The van der Waals surface area contributed by atoms with E-state index in [1.165, 1.54) is 12.2 Å². The van der Waals surface area contributed by atoms with Gasteiger partial charge in [0.05, 0.1) is 6.54 Å². The Morgan fingerprint density at radius 2 is 2.37 bits per heavy atom. The minimum absolute atomic E-state index is 0.0183. The number of benzene rings is 1. The highest BCUT2D eigenvalue weighted by atomic mass is 35.5. The van der Waals surface area contributed by atoms with Crippen LogP contribution in [0, 0.1) is 6.92 Å². The molecule has 104 valence electrons. The van der Waals surface area contributed by atoms with Crippen LogP contribution < -0.4 is 5.32 Å². The maximum Gasteiger partial charge on any atom is 0.238 e. The maximum absolute atomic E-state index is 12.0. The van der Waals surface area contributed by atoms with E-state index in [2.05, 4.69) is 10.2 Å². The molecule has 3 nitrogen and oxygen atoms in total. The predicted octanol–water partition coefficient (Wildman–Crippen LogP) is 3.02. The lowest BCUT2D eigenvalue weighted by molar-refractivity contribution is -0.117. The third-order valence-corrected chi connectivity index (χ3v) is 4.78. The van der Waals surface area contributed by atoms with E-state index >= 15 is 0 Å². The molecule has 0 spiro atoms. The van der Waals surface area contributed by atoms with Crippen molar-refractivity contribution in [2.24, 2.45) is 0 Å². The fourth-order valence-electron chi connectivity index (χ4n) is 2.14. The summed E-state index contributed by atoms with van der Waals surface area (Å²) in [6.07, 6.45) is 1.17. The first-order valence-electron chi connectivity index (χ1n) is 6.40. The summed E-state index contributed by atoms with van der Waals surface area (Å²) in [5, 5.41) is 3.57. The van der Waals surface area contributed by atoms with Gasteiger partial charge in [-0.25, -0.2) is 0 Å². The second kappa shape index (κ2) is 6.64. The van der Waals surface area contributed by atoms with Crippen LogP contribution in [-0.4, -0.2) is 41.9 Å². The zero-order valence-corrected chi connectivity index (χ0v) is 12.9. The Balaban J connectivity index is 1.91. The van der Waals surface area contributed by atoms with E-state index in [0.717, 1.165) is 17.0 Å². The first-order chi connectivity index (χ1) is 9.06. The van der Waals surface area contributed by atoms with Crippen molar-refractivity contribution in [1.82, 2.24) is 4.90 Å². The zero-order valence-electron chi connectivity index (χ0n) is 11.3. The first kappa shape index (κ1) is 14.7. The van der Waals surface area contributed by atoms with Crippen LogP contribution >= 0.6 is 23.4 Å². The molecule has 2 rings (SSSR count). The summed E-state index contributed by atoms with van der Waals surface area (Å²) in [4.78, 5) is 14.2. The van der Waals surface area contributed by atoms with Gasteiger partial charge in [-0.3, -0.25) is 9.69 Å². The van der Waals surface area contributed by atoms with Crippen LogP contribution in [0.5, 0.6) is 0 Å². The SMILES string of the molecule is Cc1ccc(Cl)cc1NC(=O)CN(C)[C@@H]1CCSC1. The van der Waals surface area contributed by atoms with E-state index in [1.54, 1.807) is 6.07 Å². The van der Waals surface area contributed by atoms with Crippen molar-refractivity contribution in [2.75, 3.05) is 30.4 Å². The number of amides is 1. The summed E-state index contributed by atoms with van der Waals surface area (Å²) in [5.41, 5.74) is 1.82. The van der Waals surface area contributed by atoms with Crippen LogP contribution in [0.4, 0.5) is 5.69 Å². The molecular weight excluding hydrogens is 280 g/mol. The van der Waals surface area contributed by atoms with Gasteiger partial charge in [0.2, 0.25) is 5.91 Å². The summed E-state index contributed by atoms with van der Waals surface area (Å²) in [6.45, 7) is 2.39. The highest BCUT2D eigenvalue weighted by Crippen LogP contribution is 2.22. The Hall–Kier alpha value is -0.710. The molecule has 1 aromatic carbocycles. The molecule has 1 aliphatic rings. The second-order valence-electron chi connectivity index (χ2n) is 4.94. The Kier molecular flexibility index (Phi) is 5.13. The molecule has 1 amide bonds. The average Bonchev–Trinajstić information content (AvgIpc) is 2.87. The number of nitrogens with zero attached hydrogens (tertiary/aromatic N) is 1. The summed E-state index contributed by atoms with van der Waals surface area (Å²) in [7, 11) is 2.01. The van der Waals surface area contributed by atoms with Crippen molar-refractivity contribution < 1.29 is 4.79 Å². The lowest BCUT2D eigenvalue weighted by Gasteiger charge is -2.22. The Bertz CT molecular complexity index is 461. The molecule has 0 aromatic heterocycles. The summed E-state index contributed by atoms with van der Waals surface area (Å²) >= 11 is 7.90. The summed E-state index contributed by atoms with van der Waals surface area (Å²) in [5.74, 6) is 2.34. The largest absolute Gasteiger partial charge is 0.325 e. The summed E-state index contributed by atoms with van der Waals surface area (Å²) < 4.78 is 0. The van der Waals surface area contributed by atoms with E-state index in [9.17, 15) is 4.79 Å². The fraction of sp³-hybridized carbons (Fsp3) is 0.500. The standard InChI is InChI=1S/C14H19ClN2OS/c1-10-3-4-11(15)7-13(10)16-14(18)8-17(2)12-5-6-19-9-12/h3-4,7,12H,5-6,8-9H2,1-2H3,(H,16,18)/t12-/m1/s1. The number of carbonyl (C=O) groups excluding carboxylic acids is 1. The van der Waals surface area contributed by atoms with Crippen molar-refractivity contribution in [3.8, 4) is 0 Å². The van der Waals surface area contributed by atoms with Crippen LogP contribution in [0.2, 0.25) is 5.02 Å². The van der Waals surface area contributed by atoms with Crippen LogP contribution in [0.3, 0.4) is 0 Å². The molecule has 1 atom stereocenters. The minimum Gasteiger partial charge on any atom is -0.325 e. The lowest BCUT2D eigenvalue weighted by atomic mass is 10.2.